The number of nitrogens with zero attached hydrogens (tertiary/aromatic N) is 2. The van der Waals surface area contributed by atoms with Gasteiger partial charge in [-0.3, -0.25) is 14.4 Å². The lowest BCUT2D eigenvalue weighted by molar-refractivity contribution is -0.143. The zero-order valence-electron chi connectivity index (χ0n) is 14.7. The lowest BCUT2D eigenvalue weighted by Crippen LogP contribution is -2.30. The van der Waals surface area contributed by atoms with E-state index >= 15 is 0 Å². The highest BCUT2D eigenvalue weighted by molar-refractivity contribution is 5.93. The van der Waals surface area contributed by atoms with Gasteiger partial charge >= 0.3 is 5.97 Å². The smallest absolute Gasteiger partial charge is 0.307 e. The lowest BCUT2D eigenvalue weighted by atomic mass is 10.2. The number of benzene rings is 1. The van der Waals surface area contributed by atoms with Crippen LogP contribution in [-0.4, -0.2) is 49.9 Å². The van der Waals surface area contributed by atoms with E-state index < -0.39 is 0 Å². The Morgan fingerprint density at radius 1 is 0.958 bits per heavy atom. The molecular formula is C18H26N2O4. The SMILES string of the molecule is CCOC(=O)CCN(C)C(=O)CCCC(=O)N(C)c1ccccc1. The van der Waals surface area contributed by atoms with Gasteiger partial charge in [0, 0.05) is 39.2 Å². The van der Waals surface area contributed by atoms with Crippen molar-refractivity contribution in [2.24, 2.45) is 0 Å². The third-order valence-corrected chi connectivity index (χ3v) is 3.68. The van der Waals surface area contributed by atoms with Crippen LogP contribution >= 0.6 is 0 Å². The molecule has 6 heteroatoms. The zero-order chi connectivity index (χ0) is 17.9. The van der Waals surface area contributed by atoms with E-state index in [4.69, 9.17) is 4.74 Å². The first-order valence-corrected chi connectivity index (χ1v) is 8.17. The molecule has 0 N–H and O–H groups in total. The maximum absolute atomic E-state index is 12.1. The molecular weight excluding hydrogens is 308 g/mol. The van der Waals surface area contributed by atoms with Crippen LogP contribution < -0.4 is 4.90 Å². The molecule has 0 heterocycles. The second-order valence-electron chi connectivity index (χ2n) is 5.51. The van der Waals surface area contributed by atoms with Gasteiger partial charge in [0.2, 0.25) is 11.8 Å². The van der Waals surface area contributed by atoms with Gasteiger partial charge in [-0.15, -0.1) is 0 Å². The maximum atomic E-state index is 12.1. The number of carbonyl (C=O) groups excluding carboxylic acids is 3. The fourth-order valence-corrected chi connectivity index (χ4v) is 2.16. The zero-order valence-corrected chi connectivity index (χ0v) is 14.7. The summed E-state index contributed by atoms with van der Waals surface area (Å²) >= 11 is 0. The summed E-state index contributed by atoms with van der Waals surface area (Å²) in [5, 5.41) is 0. The van der Waals surface area contributed by atoms with Crippen LogP contribution in [-0.2, 0) is 19.1 Å². The predicted octanol–water partition coefficient (Wildman–Crippen LogP) is 2.23. The molecule has 0 bridgehead atoms. The first-order chi connectivity index (χ1) is 11.5. The molecule has 1 rings (SSSR count). The molecule has 0 radical (unpaired) electrons. The molecule has 0 atom stereocenters. The summed E-state index contributed by atoms with van der Waals surface area (Å²) in [7, 11) is 3.38. The molecule has 0 aliphatic carbocycles. The second-order valence-corrected chi connectivity index (χ2v) is 5.51. The summed E-state index contributed by atoms with van der Waals surface area (Å²) in [5.41, 5.74) is 0.834. The number of hydrogen-bond acceptors (Lipinski definition) is 4. The van der Waals surface area contributed by atoms with Crippen molar-refractivity contribution >= 4 is 23.5 Å². The third-order valence-electron chi connectivity index (χ3n) is 3.68. The number of hydrogen-bond donors (Lipinski definition) is 0. The van der Waals surface area contributed by atoms with Crippen LogP contribution in [0, 0.1) is 0 Å². The standard InChI is InChI=1S/C18H26N2O4/c1-4-24-18(23)13-14-19(2)16(21)11-8-12-17(22)20(3)15-9-6-5-7-10-15/h5-7,9-10H,4,8,11-14H2,1-3H3. The summed E-state index contributed by atoms with van der Waals surface area (Å²) in [5.74, 6) is -0.408. The summed E-state index contributed by atoms with van der Waals surface area (Å²) in [4.78, 5) is 38.5. The molecule has 0 saturated carbocycles. The highest BCUT2D eigenvalue weighted by Gasteiger charge is 2.14. The lowest BCUT2D eigenvalue weighted by Gasteiger charge is -2.18. The number of anilines is 1. The van der Waals surface area contributed by atoms with Gasteiger partial charge in [-0.1, -0.05) is 18.2 Å². The van der Waals surface area contributed by atoms with Gasteiger partial charge in [0.05, 0.1) is 13.0 Å². The van der Waals surface area contributed by atoms with E-state index in [0.29, 0.717) is 26.0 Å². The van der Waals surface area contributed by atoms with Gasteiger partial charge < -0.3 is 14.5 Å². The number of amides is 2. The van der Waals surface area contributed by atoms with Gasteiger partial charge in [0.15, 0.2) is 0 Å². The molecule has 24 heavy (non-hydrogen) atoms. The highest BCUT2D eigenvalue weighted by atomic mass is 16.5. The number of rotatable bonds is 9. The van der Waals surface area contributed by atoms with Crippen molar-refractivity contribution in [2.45, 2.75) is 32.6 Å². The van der Waals surface area contributed by atoms with Crippen LogP contribution in [0.4, 0.5) is 5.69 Å². The van der Waals surface area contributed by atoms with Crippen molar-refractivity contribution in [3.63, 3.8) is 0 Å². The fourth-order valence-electron chi connectivity index (χ4n) is 2.16. The van der Waals surface area contributed by atoms with Crippen molar-refractivity contribution in [2.75, 3.05) is 32.1 Å². The van der Waals surface area contributed by atoms with E-state index in [-0.39, 0.29) is 30.6 Å². The molecule has 0 unspecified atom stereocenters. The number of ether oxygens (including phenoxy) is 1. The molecule has 0 aliphatic rings. The van der Waals surface area contributed by atoms with E-state index in [0.717, 1.165) is 5.69 Å². The van der Waals surface area contributed by atoms with Crippen LogP contribution in [0.25, 0.3) is 0 Å². The number of carbonyl (C=O) groups is 3. The van der Waals surface area contributed by atoms with E-state index in [1.54, 1.807) is 25.9 Å². The Morgan fingerprint density at radius 2 is 1.58 bits per heavy atom. The van der Waals surface area contributed by atoms with Gasteiger partial charge in [0.1, 0.15) is 0 Å². The molecule has 132 valence electrons. The first kappa shape index (κ1) is 19.7. The predicted molar refractivity (Wildman–Crippen MR) is 92.6 cm³/mol. The van der Waals surface area contributed by atoms with Crippen molar-refractivity contribution in [3.05, 3.63) is 30.3 Å². The van der Waals surface area contributed by atoms with E-state index in [1.165, 1.54) is 4.90 Å². The molecule has 2 amide bonds. The number of para-hydroxylation sites is 1. The minimum absolute atomic E-state index is 0.0248. The highest BCUT2D eigenvalue weighted by Crippen LogP contribution is 2.13. The molecule has 0 fully saturated rings. The summed E-state index contributed by atoms with van der Waals surface area (Å²) < 4.78 is 4.83. The molecule has 0 saturated heterocycles. The summed E-state index contributed by atoms with van der Waals surface area (Å²) in [6, 6.07) is 9.38. The van der Waals surface area contributed by atoms with Crippen LogP contribution in [0.5, 0.6) is 0 Å². The Morgan fingerprint density at radius 3 is 2.21 bits per heavy atom. The van der Waals surface area contributed by atoms with Crippen LogP contribution in [0.3, 0.4) is 0 Å². The Bertz CT molecular complexity index is 545. The van der Waals surface area contributed by atoms with E-state index in [1.807, 2.05) is 30.3 Å². The monoisotopic (exact) mass is 334 g/mol. The van der Waals surface area contributed by atoms with Gasteiger partial charge in [-0.25, -0.2) is 0 Å². The largest absolute Gasteiger partial charge is 0.466 e. The molecule has 0 spiro atoms. The average molecular weight is 334 g/mol. The van der Waals surface area contributed by atoms with E-state index in [2.05, 4.69) is 0 Å². The van der Waals surface area contributed by atoms with Gasteiger partial charge in [-0.2, -0.15) is 0 Å². The van der Waals surface area contributed by atoms with Crippen molar-refractivity contribution in [1.29, 1.82) is 0 Å². The van der Waals surface area contributed by atoms with Crippen molar-refractivity contribution < 1.29 is 19.1 Å². The van der Waals surface area contributed by atoms with Crippen LogP contribution in [0.15, 0.2) is 30.3 Å². The Hall–Kier alpha value is -2.37. The van der Waals surface area contributed by atoms with Crippen LogP contribution in [0.1, 0.15) is 32.6 Å². The van der Waals surface area contributed by atoms with Crippen molar-refractivity contribution in [1.82, 2.24) is 4.90 Å². The van der Waals surface area contributed by atoms with Gasteiger partial charge in [0.25, 0.3) is 0 Å². The Labute approximate surface area is 143 Å². The fraction of sp³-hybridized carbons (Fsp3) is 0.500. The minimum Gasteiger partial charge on any atom is -0.466 e. The Kier molecular flexibility index (Phi) is 8.54. The maximum Gasteiger partial charge on any atom is 0.307 e. The number of esters is 1. The normalized spacial score (nSPS) is 10.1. The van der Waals surface area contributed by atoms with Crippen LogP contribution in [0.2, 0.25) is 0 Å². The average Bonchev–Trinajstić information content (AvgIpc) is 2.59. The molecule has 1 aromatic rings. The molecule has 1 aromatic carbocycles. The molecule has 6 nitrogen and oxygen atoms in total. The van der Waals surface area contributed by atoms with Crippen molar-refractivity contribution in [3.8, 4) is 0 Å². The van der Waals surface area contributed by atoms with Gasteiger partial charge in [-0.05, 0) is 25.5 Å². The summed E-state index contributed by atoms with van der Waals surface area (Å²) in [6.07, 6.45) is 1.26. The minimum atomic E-state index is -0.309. The second kappa shape index (κ2) is 10.4. The summed E-state index contributed by atoms with van der Waals surface area (Å²) in [6.45, 7) is 2.42. The molecule has 0 aromatic heterocycles. The first-order valence-electron chi connectivity index (χ1n) is 8.17. The topological polar surface area (TPSA) is 66.9 Å². The molecule has 0 aliphatic heterocycles. The third kappa shape index (κ3) is 6.81. The Balaban J connectivity index is 2.29. The quantitative estimate of drug-likeness (QED) is 0.650. The van der Waals surface area contributed by atoms with E-state index in [9.17, 15) is 14.4 Å².